The fraction of sp³-hybridized carbons (Fsp3) is 1.00. The summed E-state index contributed by atoms with van der Waals surface area (Å²) in [6.45, 7) is 6.56. The lowest BCUT2D eigenvalue weighted by Crippen LogP contribution is -2.53. The van der Waals surface area contributed by atoms with Crippen molar-refractivity contribution in [1.82, 2.24) is 4.90 Å². The zero-order chi connectivity index (χ0) is 9.30. The molecule has 0 aromatic rings. The van der Waals surface area contributed by atoms with Crippen molar-refractivity contribution in [2.75, 3.05) is 7.05 Å². The summed E-state index contributed by atoms with van der Waals surface area (Å²) < 4.78 is 0. The Hall–Kier alpha value is -0.0800. The molecule has 0 aliphatic heterocycles. The van der Waals surface area contributed by atoms with Gasteiger partial charge in [-0.3, -0.25) is 4.90 Å². The SMILES string of the molecule is CCC(O)N(C)C1C(C)CC1C. The molecule has 3 atom stereocenters. The highest BCUT2D eigenvalue weighted by molar-refractivity contribution is 4.91. The highest BCUT2D eigenvalue weighted by Crippen LogP contribution is 2.37. The number of aliphatic hydroxyl groups is 1. The maximum Gasteiger partial charge on any atom is 0.107 e. The lowest BCUT2D eigenvalue weighted by Gasteiger charge is -2.48. The standard InChI is InChI=1S/C10H21NO/c1-5-9(12)11(4)10-7(2)6-8(10)3/h7-10,12H,5-6H2,1-4H3. The Labute approximate surface area is 75.6 Å². The van der Waals surface area contributed by atoms with Gasteiger partial charge in [-0.1, -0.05) is 20.8 Å². The highest BCUT2D eigenvalue weighted by atomic mass is 16.3. The molecule has 1 fully saturated rings. The van der Waals surface area contributed by atoms with Gasteiger partial charge in [-0.2, -0.15) is 0 Å². The van der Waals surface area contributed by atoms with Crippen LogP contribution in [0.4, 0.5) is 0 Å². The fourth-order valence-corrected chi connectivity index (χ4v) is 2.52. The molecule has 0 radical (unpaired) electrons. The Morgan fingerprint density at radius 1 is 1.42 bits per heavy atom. The number of hydrogen-bond donors (Lipinski definition) is 1. The van der Waals surface area contributed by atoms with E-state index in [0.29, 0.717) is 6.04 Å². The van der Waals surface area contributed by atoms with E-state index in [9.17, 15) is 5.11 Å². The first-order valence-corrected chi connectivity index (χ1v) is 4.98. The molecule has 2 nitrogen and oxygen atoms in total. The van der Waals surface area contributed by atoms with Gasteiger partial charge in [-0.25, -0.2) is 0 Å². The molecular weight excluding hydrogens is 150 g/mol. The molecule has 3 unspecified atom stereocenters. The zero-order valence-corrected chi connectivity index (χ0v) is 8.62. The second-order valence-electron chi connectivity index (χ2n) is 4.24. The molecule has 0 saturated heterocycles. The van der Waals surface area contributed by atoms with E-state index < -0.39 is 0 Å². The van der Waals surface area contributed by atoms with Crippen LogP contribution >= 0.6 is 0 Å². The van der Waals surface area contributed by atoms with Crippen LogP contribution in [-0.4, -0.2) is 29.3 Å². The minimum atomic E-state index is -0.250. The third-order valence-electron chi connectivity index (χ3n) is 3.22. The second kappa shape index (κ2) is 3.75. The quantitative estimate of drug-likeness (QED) is 0.653. The third kappa shape index (κ3) is 1.64. The van der Waals surface area contributed by atoms with E-state index in [-0.39, 0.29) is 6.23 Å². The summed E-state index contributed by atoms with van der Waals surface area (Å²) in [6.07, 6.45) is 1.89. The van der Waals surface area contributed by atoms with Gasteiger partial charge in [0.25, 0.3) is 0 Å². The highest BCUT2D eigenvalue weighted by Gasteiger charge is 2.38. The van der Waals surface area contributed by atoms with Gasteiger partial charge in [0.05, 0.1) is 0 Å². The van der Waals surface area contributed by atoms with E-state index in [0.717, 1.165) is 18.3 Å². The molecule has 0 spiro atoms. The van der Waals surface area contributed by atoms with Crippen LogP contribution in [0.2, 0.25) is 0 Å². The maximum atomic E-state index is 9.62. The van der Waals surface area contributed by atoms with Crippen LogP contribution in [-0.2, 0) is 0 Å². The normalized spacial score (nSPS) is 38.0. The number of aliphatic hydroxyl groups excluding tert-OH is 1. The Bertz CT molecular complexity index is 141. The molecule has 72 valence electrons. The predicted molar refractivity (Wildman–Crippen MR) is 50.8 cm³/mol. The number of hydrogen-bond acceptors (Lipinski definition) is 2. The van der Waals surface area contributed by atoms with Gasteiger partial charge in [0.15, 0.2) is 0 Å². The van der Waals surface area contributed by atoms with E-state index in [4.69, 9.17) is 0 Å². The van der Waals surface area contributed by atoms with Crippen molar-refractivity contribution < 1.29 is 5.11 Å². The van der Waals surface area contributed by atoms with Crippen molar-refractivity contribution in [3.63, 3.8) is 0 Å². The molecule has 0 aromatic carbocycles. The van der Waals surface area contributed by atoms with Crippen molar-refractivity contribution in [3.05, 3.63) is 0 Å². The van der Waals surface area contributed by atoms with Crippen LogP contribution in [0.5, 0.6) is 0 Å². The topological polar surface area (TPSA) is 23.5 Å². The Morgan fingerprint density at radius 3 is 2.25 bits per heavy atom. The summed E-state index contributed by atoms with van der Waals surface area (Å²) in [5.74, 6) is 1.51. The van der Waals surface area contributed by atoms with E-state index in [1.165, 1.54) is 6.42 Å². The van der Waals surface area contributed by atoms with Crippen molar-refractivity contribution in [3.8, 4) is 0 Å². The van der Waals surface area contributed by atoms with Crippen LogP contribution in [0, 0.1) is 11.8 Å². The predicted octanol–water partition coefficient (Wildman–Crippen LogP) is 1.69. The average molecular weight is 171 g/mol. The molecule has 1 aliphatic rings. The molecule has 1 N–H and O–H groups in total. The summed E-state index contributed by atoms with van der Waals surface area (Å²) in [5, 5.41) is 9.62. The summed E-state index contributed by atoms with van der Waals surface area (Å²) in [4.78, 5) is 2.12. The van der Waals surface area contributed by atoms with Gasteiger partial charge >= 0.3 is 0 Å². The van der Waals surface area contributed by atoms with Crippen LogP contribution in [0.1, 0.15) is 33.6 Å². The fourth-order valence-electron chi connectivity index (χ4n) is 2.52. The number of nitrogens with zero attached hydrogens (tertiary/aromatic N) is 1. The number of rotatable bonds is 3. The molecule has 12 heavy (non-hydrogen) atoms. The van der Waals surface area contributed by atoms with E-state index in [1.807, 2.05) is 14.0 Å². The first kappa shape index (κ1) is 10.0. The summed E-state index contributed by atoms with van der Waals surface area (Å²) in [6, 6.07) is 0.597. The molecule has 0 heterocycles. The van der Waals surface area contributed by atoms with Crippen molar-refractivity contribution in [2.45, 2.75) is 45.9 Å². The van der Waals surface area contributed by atoms with Gasteiger partial charge in [-0.15, -0.1) is 0 Å². The van der Waals surface area contributed by atoms with Crippen LogP contribution < -0.4 is 0 Å². The molecular formula is C10H21NO. The average Bonchev–Trinajstić information content (AvgIpc) is 2.02. The van der Waals surface area contributed by atoms with Gasteiger partial charge in [-0.05, 0) is 31.7 Å². The monoisotopic (exact) mass is 171 g/mol. The first-order chi connectivity index (χ1) is 5.57. The molecule has 0 amide bonds. The van der Waals surface area contributed by atoms with Crippen molar-refractivity contribution >= 4 is 0 Å². The minimum Gasteiger partial charge on any atom is -0.378 e. The van der Waals surface area contributed by atoms with Crippen molar-refractivity contribution in [2.24, 2.45) is 11.8 Å². The Kier molecular flexibility index (Phi) is 3.13. The van der Waals surface area contributed by atoms with E-state index in [1.54, 1.807) is 0 Å². The van der Waals surface area contributed by atoms with E-state index >= 15 is 0 Å². The van der Waals surface area contributed by atoms with E-state index in [2.05, 4.69) is 18.7 Å². The molecule has 2 heteroatoms. The molecule has 0 bridgehead atoms. The Balaban J connectivity index is 2.45. The van der Waals surface area contributed by atoms with Crippen LogP contribution in [0.25, 0.3) is 0 Å². The van der Waals surface area contributed by atoms with Gasteiger partial charge in [0.2, 0.25) is 0 Å². The van der Waals surface area contributed by atoms with Gasteiger partial charge in [0.1, 0.15) is 6.23 Å². The summed E-state index contributed by atoms with van der Waals surface area (Å²) in [7, 11) is 2.03. The first-order valence-electron chi connectivity index (χ1n) is 4.98. The van der Waals surface area contributed by atoms with Crippen LogP contribution in [0.3, 0.4) is 0 Å². The lowest BCUT2D eigenvalue weighted by molar-refractivity contribution is -0.0754. The summed E-state index contributed by atoms with van der Waals surface area (Å²) in [5.41, 5.74) is 0. The Morgan fingerprint density at radius 2 is 1.92 bits per heavy atom. The van der Waals surface area contributed by atoms with Gasteiger partial charge < -0.3 is 5.11 Å². The molecule has 1 rings (SSSR count). The minimum absolute atomic E-state index is 0.250. The lowest BCUT2D eigenvalue weighted by atomic mass is 9.71. The molecule has 0 aromatic heterocycles. The summed E-state index contributed by atoms with van der Waals surface area (Å²) >= 11 is 0. The second-order valence-corrected chi connectivity index (χ2v) is 4.24. The molecule has 1 aliphatic carbocycles. The third-order valence-corrected chi connectivity index (χ3v) is 3.22. The maximum absolute atomic E-state index is 9.62. The van der Waals surface area contributed by atoms with Crippen LogP contribution in [0.15, 0.2) is 0 Å². The zero-order valence-electron chi connectivity index (χ0n) is 8.62. The van der Waals surface area contributed by atoms with Gasteiger partial charge in [0, 0.05) is 6.04 Å². The smallest absolute Gasteiger partial charge is 0.107 e. The van der Waals surface area contributed by atoms with Crippen molar-refractivity contribution in [1.29, 1.82) is 0 Å². The molecule has 1 saturated carbocycles. The largest absolute Gasteiger partial charge is 0.378 e.